The summed E-state index contributed by atoms with van der Waals surface area (Å²) in [5.41, 5.74) is 1.85. The monoisotopic (exact) mass is 468 g/mol. The van der Waals surface area contributed by atoms with E-state index >= 15 is 0 Å². The van der Waals surface area contributed by atoms with Gasteiger partial charge in [0.05, 0.1) is 5.56 Å². The highest BCUT2D eigenvalue weighted by atomic mass is 32.2. The molecule has 0 aliphatic carbocycles. The molecule has 2 aromatic rings. The standard InChI is InChI=1S/C25H32N4O3S/c1-2-13-33-24-21(25(32)29-12-9-20(17-29)19-6-3-10-26-15-19)7-8-22(27-24)28-11-4-5-18(16-28)14-23(30)31/h3,6-8,10,15,18,20H,2,4-5,9,11-14,16-17H2,1H3,(H,30,31). The van der Waals surface area contributed by atoms with Crippen molar-refractivity contribution in [1.82, 2.24) is 14.9 Å². The van der Waals surface area contributed by atoms with Gasteiger partial charge in [0.2, 0.25) is 0 Å². The molecule has 1 amide bonds. The minimum absolute atomic E-state index is 0.0430. The number of piperidine rings is 1. The molecule has 4 rings (SSSR count). The molecule has 1 N–H and O–H groups in total. The molecule has 0 saturated carbocycles. The molecule has 176 valence electrons. The highest BCUT2D eigenvalue weighted by Crippen LogP contribution is 2.32. The Hall–Kier alpha value is -2.61. The summed E-state index contributed by atoms with van der Waals surface area (Å²) in [5, 5.41) is 9.96. The van der Waals surface area contributed by atoms with E-state index in [0.29, 0.717) is 24.6 Å². The van der Waals surface area contributed by atoms with Gasteiger partial charge in [-0.3, -0.25) is 14.6 Å². The Morgan fingerprint density at radius 3 is 2.82 bits per heavy atom. The normalized spacial score (nSPS) is 20.8. The van der Waals surface area contributed by atoms with Gasteiger partial charge in [-0.15, -0.1) is 11.8 Å². The number of nitrogens with zero attached hydrogens (tertiary/aromatic N) is 4. The molecular weight excluding hydrogens is 436 g/mol. The Morgan fingerprint density at radius 2 is 2.06 bits per heavy atom. The number of carbonyl (C=O) groups is 2. The molecule has 2 atom stereocenters. The Labute approximate surface area is 199 Å². The van der Waals surface area contributed by atoms with Gasteiger partial charge in [-0.25, -0.2) is 4.98 Å². The number of likely N-dealkylation sites (tertiary alicyclic amines) is 1. The molecule has 8 heteroatoms. The van der Waals surface area contributed by atoms with Crippen LogP contribution in [0.25, 0.3) is 0 Å². The predicted octanol–water partition coefficient (Wildman–Crippen LogP) is 4.30. The Bertz CT molecular complexity index is 971. The number of anilines is 1. The van der Waals surface area contributed by atoms with Gasteiger partial charge >= 0.3 is 5.97 Å². The van der Waals surface area contributed by atoms with E-state index in [0.717, 1.165) is 55.4 Å². The smallest absolute Gasteiger partial charge is 0.303 e. The molecule has 0 bridgehead atoms. The van der Waals surface area contributed by atoms with E-state index in [-0.39, 0.29) is 18.2 Å². The molecule has 0 radical (unpaired) electrons. The first-order chi connectivity index (χ1) is 16.0. The summed E-state index contributed by atoms with van der Waals surface area (Å²) >= 11 is 1.63. The van der Waals surface area contributed by atoms with Crippen molar-refractivity contribution in [1.29, 1.82) is 0 Å². The van der Waals surface area contributed by atoms with E-state index in [9.17, 15) is 14.7 Å². The number of carboxylic acids is 1. The Balaban J connectivity index is 1.50. The summed E-state index contributed by atoms with van der Waals surface area (Å²) in [6, 6.07) is 7.88. The molecular formula is C25H32N4O3S. The van der Waals surface area contributed by atoms with Crippen molar-refractivity contribution < 1.29 is 14.7 Å². The second kappa shape index (κ2) is 11.0. The summed E-state index contributed by atoms with van der Waals surface area (Å²) in [6.07, 6.45) is 7.70. The summed E-state index contributed by atoms with van der Waals surface area (Å²) < 4.78 is 0. The van der Waals surface area contributed by atoms with Crippen LogP contribution in [0.3, 0.4) is 0 Å². The molecule has 33 heavy (non-hydrogen) atoms. The van der Waals surface area contributed by atoms with E-state index in [4.69, 9.17) is 4.98 Å². The van der Waals surface area contributed by atoms with Gasteiger partial charge in [0.1, 0.15) is 10.8 Å². The van der Waals surface area contributed by atoms with Crippen molar-refractivity contribution in [3.8, 4) is 0 Å². The van der Waals surface area contributed by atoms with Crippen LogP contribution >= 0.6 is 11.8 Å². The fraction of sp³-hybridized carbons (Fsp3) is 0.520. The molecule has 2 aliphatic rings. The Morgan fingerprint density at radius 1 is 1.18 bits per heavy atom. The average Bonchev–Trinajstić information content (AvgIpc) is 3.33. The topological polar surface area (TPSA) is 86.6 Å². The molecule has 2 aliphatic heterocycles. The first-order valence-electron chi connectivity index (χ1n) is 11.8. The van der Waals surface area contributed by atoms with E-state index in [2.05, 4.69) is 22.9 Å². The third kappa shape index (κ3) is 5.85. The molecule has 0 aromatic carbocycles. The number of aromatic nitrogens is 2. The van der Waals surface area contributed by atoms with Crippen LogP contribution in [0.1, 0.15) is 60.9 Å². The average molecular weight is 469 g/mol. The summed E-state index contributed by atoms with van der Waals surface area (Å²) in [6.45, 7) is 5.13. The van der Waals surface area contributed by atoms with Crippen LogP contribution in [-0.4, -0.2) is 63.8 Å². The molecule has 4 heterocycles. The van der Waals surface area contributed by atoms with Gasteiger partial charge < -0.3 is 14.9 Å². The van der Waals surface area contributed by atoms with Crippen molar-refractivity contribution in [3.63, 3.8) is 0 Å². The minimum Gasteiger partial charge on any atom is -0.481 e. The first kappa shape index (κ1) is 23.5. The number of aliphatic carboxylic acids is 1. The number of rotatable bonds is 8. The van der Waals surface area contributed by atoms with E-state index in [1.807, 2.05) is 29.3 Å². The lowest BCUT2D eigenvalue weighted by molar-refractivity contribution is -0.138. The highest BCUT2D eigenvalue weighted by Gasteiger charge is 2.30. The molecule has 7 nitrogen and oxygen atoms in total. The maximum atomic E-state index is 13.4. The number of thioether (sulfide) groups is 1. The Kier molecular flexibility index (Phi) is 7.85. The SMILES string of the molecule is CCCSc1nc(N2CCCC(CC(=O)O)C2)ccc1C(=O)N1CCC(c2cccnc2)C1. The lowest BCUT2D eigenvalue weighted by Crippen LogP contribution is -2.37. The van der Waals surface area contributed by atoms with Crippen LogP contribution in [0, 0.1) is 5.92 Å². The number of hydrogen-bond donors (Lipinski definition) is 1. The van der Waals surface area contributed by atoms with Gasteiger partial charge in [0, 0.05) is 50.9 Å². The minimum atomic E-state index is -0.745. The van der Waals surface area contributed by atoms with Crippen molar-refractivity contribution in [2.24, 2.45) is 5.92 Å². The number of pyridine rings is 2. The van der Waals surface area contributed by atoms with Crippen molar-refractivity contribution >= 4 is 29.5 Å². The number of carboxylic acid groups (broad SMARTS) is 1. The second-order valence-electron chi connectivity index (χ2n) is 8.95. The van der Waals surface area contributed by atoms with Crippen LogP contribution in [0.5, 0.6) is 0 Å². The van der Waals surface area contributed by atoms with Gasteiger partial charge in [0.25, 0.3) is 5.91 Å². The maximum Gasteiger partial charge on any atom is 0.303 e. The van der Waals surface area contributed by atoms with E-state index < -0.39 is 5.97 Å². The number of carbonyl (C=O) groups excluding carboxylic acids is 1. The molecule has 2 saturated heterocycles. The fourth-order valence-electron chi connectivity index (χ4n) is 4.77. The van der Waals surface area contributed by atoms with Gasteiger partial charge in [-0.05, 0) is 61.1 Å². The van der Waals surface area contributed by atoms with Gasteiger partial charge in [-0.2, -0.15) is 0 Å². The van der Waals surface area contributed by atoms with Crippen molar-refractivity contribution in [2.75, 3.05) is 36.8 Å². The first-order valence-corrected chi connectivity index (χ1v) is 12.8. The van der Waals surface area contributed by atoms with Crippen LogP contribution in [0.4, 0.5) is 5.82 Å². The van der Waals surface area contributed by atoms with E-state index in [1.54, 1.807) is 18.0 Å². The van der Waals surface area contributed by atoms with E-state index in [1.165, 1.54) is 5.56 Å². The lowest BCUT2D eigenvalue weighted by Gasteiger charge is -2.33. The van der Waals surface area contributed by atoms with Crippen LogP contribution in [-0.2, 0) is 4.79 Å². The number of hydrogen-bond acceptors (Lipinski definition) is 6. The molecule has 2 fully saturated rings. The molecule has 2 aromatic heterocycles. The zero-order chi connectivity index (χ0) is 23.2. The summed E-state index contributed by atoms with van der Waals surface area (Å²) in [7, 11) is 0. The zero-order valence-electron chi connectivity index (χ0n) is 19.2. The number of amides is 1. The lowest BCUT2D eigenvalue weighted by atomic mass is 9.95. The van der Waals surface area contributed by atoms with Crippen LogP contribution in [0.2, 0.25) is 0 Å². The van der Waals surface area contributed by atoms with Crippen LogP contribution in [0.15, 0.2) is 41.7 Å². The maximum absolute atomic E-state index is 13.4. The third-order valence-electron chi connectivity index (χ3n) is 6.46. The van der Waals surface area contributed by atoms with Crippen molar-refractivity contribution in [3.05, 3.63) is 47.8 Å². The van der Waals surface area contributed by atoms with Crippen LogP contribution < -0.4 is 4.90 Å². The zero-order valence-corrected chi connectivity index (χ0v) is 20.0. The largest absolute Gasteiger partial charge is 0.481 e. The quantitative estimate of drug-likeness (QED) is 0.578. The summed E-state index contributed by atoms with van der Waals surface area (Å²) in [5.74, 6) is 1.50. The summed E-state index contributed by atoms with van der Waals surface area (Å²) in [4.78, 5) is 37.8. The second-order valence-corrected chi connectivity index (χ2v) is 10.0. The fourth-order valence-corrected chi connectivity index (χ4v) is 5.64. The van der Waals surface area contributed by atoms with Gasteiger partial charge in [-0.1, -0.05) is 13.0 Å². The molecule has 2 unspecified atom stereocenters. The van der Waals surface area contributed by atoms with Crippen molar-refractivity contribution in [2.45, 2.75) is 50.0 Å². The highest BCUT2D eigenvalue weighted by molar-refractivity contribution is 7.99. The third-order valence-corrected chi connectivity index (χ3v) is 7.65. The predicted molar refractivity (Wildman–Crippen MR) is 130 cm³/mol. The molecule has 0 spiro atoms. The van der Waals surface area contributed by atoms with Gasteiger partial charge in [0.15, 0.2) is 0 Å².